The average molecular weight is 747 g/mol. The lowest BCUT2D eigenvalue weighted by molar-refractivity contribution is 0.769. The van der Waals surface area contributed by atoms with E-state index in [1.54, 1.807) is 0 Å². The third kappa shape index (κ3) is 5.03. The van der Waals surface area contributed by atoms with Crippen molar-refractivity contribution in [3.05, 3.63) is 253 Å². The second kappa shape index (κ2) is 13.3. The molecule has 0 heterocycles. The molecule has 0 unspecified atom stereocenters. The maximum atomic E-state index is 2.53. The van der Waals surface area contributed by atoms with Crippen molar-refractivity contribution in [3.63, 3.8) is 0 Å². The molecule has 0 radical (unpaired) electrons. The molecule has 0 aromatic heterocycles. The maximum absolute atomic E-state index is 2.53. The number of benzene rings is 11. The van der Waals surface area contributed by atoms with Crippen molar-refractivity contribution in [2.24, 2.45) is 0 Å². The predicted octanol–water partition coefficient (Wildman–Crippen LogP) is 15.7. The lowest BCUT2D eigenvalue weighted by Crippen LogP contribution is -2.28. The third-order valence-electron chi connectivity index (χ3n) is 12.9. The normalized spacial score (nSPS) is 12.9. The minimum absolute atomic E-state index is 0.512. The van der Waals surface area contributed by atoms with Crippen LogP contribution >= 0.6 is 0 Å². The highest BCUT2D eigenvalue weighted by Gasteiger charge is 2.46. The van der Waals surface area contributed by atoms with Gasteiger partial charge in [0.05, 0.1) is 5.41 Å². The van der Waals surface area contributed by atoms with Crippen LogP contribution in [0.15, 0.2) is 231 Å². The first-order valence-corrected chi connectivity index (χ1v) is 20.6. The number of hydrogen-bond acceptors (Lipinski definition) is 0. The maximum Gasteiger partial charge on any atom is 0.0714 e. The van der Waals surface area contributed by atoms with E-state index in [4.69, 9.17) is 0 Å². The summed E-state index contributed by atoms with van der Waals surface area (Å²) in [6, 6.07) is 85.8. The molecule has 0 saturated heterocycles. The Morgan fingerprint density at radius 2 is 0.712 bits per heavy atom. The summed E-state index contributed by atoms with van der Waals surface area (Å²) in [5.74, 6) is 0. The van der Waals surface area contributed by atoms with Crippen LogP contribution in [0.3, 0.4) is 0 Å². The molecule has 0 fully saturated rings. The Kier molecular flexibility index (Phi) is 7.55. The summed E-state index contributed by atoms with van der Waals surface area (Å²) in [7, 11) is 0. The molecule has 59 heavy (non-hydrogen) atoms. The van der Waals surface area contributed by atoms with E-state index >= 15 is 0 Å². The van der Waals surface area contributed by atoms with Gasteiger partial charge in [0.25, 0.3) is 0 Å². The number of fused-ring (bicyclic) bond motifs is 8. The Balaban J connectivity index is 1.13. The van der Waals surface area contributed by atoms with Crippen molar-refractivity contribution in [1.82, 2.24) is 0 Å². The zero-order valence-corrected chi connectivity index (χ0v) is 32.4. The van der Waals surface area contributed by atoms with Crippen LogP contribution in [0, 0.1) is 0 Å². The van der Waals surface area contributed by atoms with Gasteiger partial charge in [-0.15, -0.1) is 0 Å². The van der Waals surface area contributed by atoms with Crippen molar-refractivity contribution in [1.29, 1.82) is 0 Å². The predicted molar refractivity (Wildman–Crippen MR) is 250 cm³/mol. The van der Waals surface area contributed by atoms with Gasteiger partial charge in [-0.05, 0) is 128 Å². The summed E-state index contributed by atoms with van der Waals surface area (Å²) in [4.78, 5) is 0. The van der Waals surface area contributed by atoms with E-state index in [0.29, 0.717) is 0 Å². The van der Waals surface area contributed by atoms with Gasteiger partial charge in [0.1, 0.15) is 0 Å². The molecular weight excluding hydrogens is 709 g/mol. The summed E-state index contributed by atoms with van der Waals surface area (Å²) < 4.78 is 0. The summed E-state index contributed by atoms with van der Waals surface area (Å²) in [6.07, 6.45) is 0. The fourth-order valence-electron chi connectivity index (χ4n) is 10.4. The largest absolute Gasteiger partial charge is 0.0714 e. The van der Waals surface area contributed by atoms with Gasteiger partial charge >= 0.3 is 0 Å². The van der Waals surface area contributed by atoms with Crippen LogP contribution in [-0.2, 0) is 5.41 Å². The van der Waals surface area contributed by atoms with E-state index in [2.05, 4.69) is 231 Å². The van der Waals surface area contributed by atoms with E-state index in [9.17, 15) is 0 Å². The molecule has 1 aliphatic rings. The molecule has 11 aromatic carbocycles. The first kappa shape index (κ1) is 33.6. The van der Waals surface area contributed by atoms with Crippen molar-refractivity contribution in [2.75, 3.05) is 0 Å². The number of hydrogen-bond donors (Lipinski definition) is 0. The highest BCUT2D eigenvalue weighted by Crippen LogP contribution is 2.59. The lowest BCUT2D eigenvalue weighted by Gasteiger charge is -2.34. The molecule has 1 aliphatic carbocycles. The minimum atomic E-state index is -0.512. The van der Waals surface area contributed by atoms with E-state index in [-0.39, 0.29) is 0 Å². The molecule has 11 aromatic rings. The Morgan fingerprint density at radius 1 is 0.237 bits per heavy atom. The van der Waals surface area contributed by atoms with Crippen molar-refractivity contribution < 1.29 is 0 Å². The SMILES string of the molecule is c1ccc(C2(c3ccccc3)c3cc(-c4c5ccccc5c(-c5cccc(-c6ccc7ccccc7c6)c5)c5ccccc45)ccc3-c3c2ccc2ccccc32)cc1. The van der Waals surface area contributed by atoms with Gasteiger partial charge in [-0.2, -0.15) is 0 Å². The van der Waals surface area contributed by atoms with Crippen LogP contribution in [0.1, 0.15) is 22.3 Å². The van der Waals surface area contributed by atoms with Gasteiger partial charge in [-0.3, -0.25) is 0 Å². The van der Waals surface area contributed by atoms with Gasteiger partial charge in [0.2, 0.25) is 0 Å². The molecule has 0 aliphatic heterocycles. The molecule has 0 heteroatoms. The van der Waals surface area contributed by atoms with E-state index in [0.717, 1.165) is 0 Å². The summed E-state index contributed by atoms with van der Waals surface area (Å²) in [6.45, 7) is 0. The summed E-state index contributed by atoms with van der Waals surface area (Å²) >= 11 is 0. The Morgan fingerprint density at radius 3 is 1.36 bits per heavy atom. The van der Waals surface area contributed by atoms with Crippen molar-refractivity contribution in [3.8, 4) is 44.5 Å². The van der Waals surface area contributed by atoms with Crippen LogP contribution in [0.25, 0.3) is 87.6 Å². The second-order valence-corrected chi connectivity index (χ2v) is 15.9. The molecule has 0 saturated carbocycles. The van der Waals surface area contributed by atoms with Crippen molar-refractivity contribution >= 4 is 43.1 Å². The van der Waals surface area contributed by atoms with E-state index < -0.39 is 5.41 Å². The average Bonchev–Trinajstić information content (AvgIpc) is 3.62. The van der Waals surface area contributed by atoms with Gasteiger partial charge in [-0.25, -0.2) is 0 Å². The summed E-state index contributed by atoms with van der Waals surface area (Å²) in [5, 5.41) is 10.1. The van der Waals surface area contributed by atoms with Crippen LogP contribution in [0.5, 0.6) is 0 Å². The highest BCUT2D eigenvalue weighted by atomic mass is 14.5. The molecule has 0 amide bonds. The van der Waals surface area contributed by atoms with Gasteiger partial charge in [0.15, 0.2) is 0 Å². The lowest BCUT2D eigenvalue weighted by atomic mass is 9.67. The van der Waals surface area contributed by atoms with Crippen LogP contribution in [0.4, 0.5) is 0 Å². The fourth-order valence-corrected chi connectivity index (χ4v) is 10.4. The Bertz CT molecular complexity index is 3330. The zero-order chi connectivity index (χ0) is 38.9. The molecular formula is C59H38. The molecule has 12 rings (SSSR count). The second-order valence-electron chi connectivity index (χ2n) is 15.9. The molecule has 0 nitrogen and oxygen atoms in total. The molecule has 0 N–H and O–H groups in total. The van der Waals surface area contributed by atoms with Crippen molar-refractivity contribution in [2.45, 2.75) is 5.41 Å². The van der Waals surface area contributed by atoms with Gasteiger partial charge in [-0.1, -0.05) is 212 Å². The van der Waals surface area contributed by atoms with E-state index in [1.165, 1.54) is 110 Å². The Labute approximate surface area is 344 Å². The zero-order valence-electron chi connectivity index (χ0n) is 32.4. The quantitative estimate of drug-likeness (QED) is 0.154. The first-order chi connectivity index (χ1) is 29.3. The molecule has 0 atom stereocenters. The van der Waals surface area contributed by atoms with Gasteiger partial charge in [0, 0.05) is 0 Å². The molecule has 0 bridgehead atoms. The topological polar surface area (TPSA) is 0 Å². The van der Waals surface area contributed by atoms with E-state index in [1.807, 2.05) is 0 Å². The molecule has 274 valence electrons. The van der Waals surface area contributed by atoms with Crippen LogP contribution < -0.4 is 0 Å². The smallest absolute Gasteiger partial charge is 0.0622 e. The van der Waals surface area contributed by atoms with Gasteiger partial charge < -0.3 is 0 Å². The van der Waals surface area contributed by atoms with Crippen LogP contribution in [0.2, 0.25) is 0 Å². The van der Waals surface area contributed by atoms with Crippen LogP contribution in [-0.4, -0.2) is 0 Å². The minimum Gasteiger partial charge on any atom is -0.0622 e. The summed E-state index contributed by atoms with van der Waals surface area (Å²) in [5.41, 5.74) is 14.7. The molecule has 0 spiro atoms. The Hall–Kier alpha value is -7.54. The fraction of sp³-hybridized carbons (Fsp3) is 0.0169. The highest BCUT2D eigenvalue weighted by molar-refractivity contribution is 6.22. The monoisotopic (exact) mass is 746 g/mol. The third-order valence-corrected chi connectivity index (χ3v) is 12.9. The number of rotatable bonds is 5. The standard InChI is InChI=1S/C59H38/c1-3-21-46(22-4-1)59(47-23-5-2-6-24-47)54-35-33-40-17-9-10-25-48(40)58(54)53-34-32-45(38-55(53)59)57-51-28-13-11-26-49(51)56(50-27-12-14-29-52(50)57)44-20-15-19-42(37-44)43-31-30-39-16-7-8-18-41(39)36-43/h1-38H. The first-order valence-electron chi connectivity index (χ1n) is 20.6.